The highest BCUT2D eigenvalue weighted by molar-refractivity contribution is 5.75. The summed E-state index contributed by atoms with van der Waals surface area (Å²) in [6.07, 6.45) is 6.95. The highest BCUT2D eigenvalue weighted by Gasteiger charge is 2.42. The monoisotopic (exact) mass is 287 g/mol. The lowest BCUT2D eigenvalue weighted by atomic mass is 9.83. The van der Waals surface area contributed by atoms with Crippen LogP contribution in [-0.4, -0.2) is 26.2 Å². The molecule has 0 atom stereocenters. The highest BCUT2D eigenvalue weighted by Crippen LogP contribution is 2.41. The summed E-state index contributed by atoms with van der Waals surface area (Å²) in [5, 5.41) is 13.5. The van der Waals surface area contributed by atoms with E-state index in [0.717, 1.165) is 24.0 Å². The van der Waals surface area contributed by atoms with Crippen molar-refractivity contribution in [1.82, 2.24) is 15.1 Å². The molecule has 3 rings (SSSR count). The van der Waals surface area contributed by atoms with Gasteiger partial charge in [0.25, 0.3) is 0 Å². The molecule has 1 N–H and O–H groups in total. The molecule has 6 heteroatoms. The number of nitrogens with zero attached hydrogens (tertiary/aromatic N) is 3. The van der Waals surface area contributed by atoms with Crippen molar-refractivity contribution in [3.05, 3.63) is 29.9 Å². The Morgan fingerprint density at radius 3 is 2.86 bits per heavy atom. The minimum Gasteiger partial charge on any atom is -0.481 e. The van der Waals surface area contributed by atoms with Crippen LogP contribution in [0.3, 0.4) is 0 Å². The van der Waals surface area contributed by atoms with Crippen molar-refractivity contribution in [1.29, 1.82) is 0 Å². The predicted molar refractivity (Wildman–Crippen MR) is 74.5 cm³/mol. The standard InChI is InChI=1S/C15H17N3O3/c1-10-9-16-7-4-11(10)13-17-12(21-18-13)8-15(14(19)20)5-2-3-6-15/h4,7,9H,2-3,5-6,8H2,1H3,(H,19,20). The van der Waals surface area contributed by atoms with Crippen LogP contribution in [-0.2, 0) is 11.2 Å². The third-order valence-electron chi connectivity index (χ3n) is 4.23. The van der Waals surface area contributed by atoms with Gasteiger partial charge in [-0.2, -0.15) is 4.98 Å². The number of aromatic nitrogens is 3. The van der Waals surface area contributed by atoms with Crippen molar-refractivity contribution in [3.63, 3.8) is 0 Å². The highest BCUT2D eigenvalue weighted by atomic mass is 16.5. The largest absolute Gasteiger partial charge is 0.481 e. The molecule has 2 aromatic rings. The fraction of sp³-hybridized carbons (Fsp3) is 0.467. The smallest absolute Gasteiger partial charge is 0.310 e. The van der Waals surface area contributed by atoms with E-state index in [2.05, 4.69) is 15.1 Å². The van der Waals surface area contributed by atoms with Crippen molar-refractivity contribution in [3.8, 4) is 11.4 Å². The zero-order valence-electron chi connectivity index (χ0n) is 11.9. The number of carbonyl (C=O) groups is 1. The molecular weight excluding hydrogens is 270 g/mol. The van der Waals surface area contributed by atoms with Gasteiger partial charge < -0.3 is 9.63 Å². The Bertz CT molecular complexity index is 660. The zero-order chi connectivity index (χ0) is 14.9. The topological polar surface area (TPSA) is 89.1 Å². The van der Waals surface area contributed by atoms with Crippen LogP contribution in [0.25, 0.3) is 11.4 Å². The fourth-order valence-electron chi connectivity index (χ4n) is 2.97. The van der Waals surface area contributed by atoms with Crippen LogP contribution in [0.2, 0.25) is 0 Å². The van der Waals surface area contributed by atoms with Crippen molar-refractivity contribution in [2.45, 2.75) is 39.0 Å². The maximum absolute atomic E-state index is 11.6. The second-order valence-electron chi connectivity index (χ2n) is 5.67. The zero-order valence-corrected chi connectivity index (χ0v) is 11.9. The molecule has 1 aliphatic rings. The first-order valence-electron chi connectivity index (χ1n) is 7.08. The van der Waals surface area contributed by atoms with E-state index in [0.29, 0.717) is 31.0 Å². The van der Waals surface area contributed by atoms with Gasteiger partial charge in [-0.3, -0.25) is 9.78 Å². The van der Waals surface area contributed by atoms with Crippen LogP contribution in [0.4, 0.5) is 0 Å². The van der Waals surface area contributed by atoms with Crippen LogP contribution >= 0.6 is 0 Å². The third kappa shape index (κ3) is 2.53. The Kier molecular flexibility index (Phi) is 3.45. The van der Waals surface area contributed by atoms with Gasteiger partial charge in [-0.25, -0.2) is 0 Å². The fourth-order valence-corrected chi connectivity index (χ4v) is 2.97. The number of aryl methyl sites for hydroxylation is 1. The van der Waals surface area contributed by atoms with Crippen LogP contribution in [0, 0.1) is 12.3 Å². The molecule has 2 aromatic heterocycles. The van der Waals surface area contributed by atoms with E-state index < -0.39 is 11.4 Å². The van der Waals surface area contributed by atoms with E-state index in [1.807, 2.05) is 13.0 Å². The predicted octanol–water partition coefficient (Wildman–Crippen LogP) is 2.63. The Balaban J connectivity index is 1.86. The summed E-state index contributed by atoms with van der Waals surface area (Å²) < 4.78 is 5.27. The number of aliphatic carboxylic acids is 1. The van der Waals surface area contributed by atoms with Gasteiger partial charge in [0.15, 0.2) is 0 Å². The maximum atomic E-state index is 11.6. The third-order valence-corrected chi connectivity index (χ3v) is 4.23. The molecule has 0 unspecified atom stereocenters. The summed E-state index contributed by atoms with van der Waals surface area (Å²) in [4.78, 5) is 20.0. The van der Waals surface area contributed by atoms with Gasteiger partial charge in [-0.15, -0.1) is 0 Å². The number of carboxylic acid groups (broad SMARTS) is 1. The van der Waals surface area contributed by atoms with Gasteiger partial charge in [-0.05, 0) is 31.4 Å². The lowest BCUT2D eigenvalue weighted by Crippen LogP contribution is -2.30. The van der Waals surface area contributed by atoms with Crippen LogP contribution in [0.5, 0.6) is 0 Å². The van der Waals surface area contributed by atoms with Crippen molar-refractivity contribution < 1.29 is 14.4 Å². The lowest BCUT2D eigenvalue weighted by Gasteiger charge is -2.21. The molecule has 1 fully saturated rings. The minimum absolute atomic E-state index is 0.305. The minimum atomic E-state index is -0.764. The summed E-state index contributed by atoms with van der Waals surface area (Å²) >= 11 is 0. The van der Waals surface area contributed by atoms with E-state index in [9.17, 15) is 9.90 Å². The molecule has 1 aliphatic carbocycles. The normalized spacial score (nSPS) is 17.0. The van der Waals surface area contributed by atoms with E-state index in [1.54, 1.807) is 12.4 Å². The SMILES string of the molecule is Cc1cnccc1-c1noc(CC2(C(=O)O)CCCC2)n1. The molecular formula is C15H17N3O3. The first kappa shape index (κ1) is 13.7. The molecule has 0 radical (unpaired) electrons. The number of carboxylic acids is 1. The molecule has 0 amide bonds. The summed E-state index contributed by atoms with van der Waals surface area (Å²) in [6, 6.07) is 1.83. The molecule has 110 valence electrons. The Morgan fingerprint density at radius 2 is 2.19 bits per heavy atom. The Morgan fingerprint density at radius 1 is 1.43 bits per heavy atom. The van der Waals surface area contributed by atoms with Crippen molar-refractivity contribution in [2.75, 3.05) is 0 Å². The second-order valence-corrected chi connectivity index (χ2v) is 5.67. The van der Waals surface area contributed by atoms with Gasteiger partial charge in [0.2, 0.25) is 11.7 Å². The first-order chi connectivity index (χ1) is 10.1. The quantitative estimate of drug-likeness (QED) is 0.929. The molecule has 21 heavy (non-hydrogen) atoms. The molecule has 0 saturated heterocycles. The Labute approximate surface area is 122 Å². The first-order valence-corrected chi connectivity index (χ1v) is 7.08. The van der Waals surface area contributed by atoms with Crippen LogP contribution in [0.1, 0.15) is 37.1 Å². The van der Waals surface area contributed by atoms with E-state index in [1.165, 1.54) is 0 Å². The van der Waals surface area contributed by atoms with Gasteiger partial charge in [0.05, 0.1) is 5.41 Å². The summed E-state index contributed by atoms with van der Waals surface area (Å²) in [5.74, 6) is 0.119. The molecule has 6 nitrogen and oxygen atoms in total. The van der Waals surface area contributed by atoms with Crippen LogP contribution < -0.4 is 0 Å². The van der Waals surface area contributed by atoms with Gasteiger partial charge in [0.1, 0.15) is 0 Å². The molecule has 1 saturated carbocycles. The average Bonchev–Trinajstić information content (AvgIpc) is 3.10. The summed E-state index contributed by atoms with van der Waals surface area (Å²) in [6.45, 7) is 1.92. The molecule has 0 aliphatic heterocycles. The van der Waals surface area contributed by atoms with Gasteiger partial charge in [-0.1, -0.05) is 18.0 Å². The average molecular weight is 287 g/mol. The summed E-state index contributed by atoms with van der Waals surface area (Å²) in [7, 11) is 0. The molecule has 0 aromatic carbocycles. The Hall–Kier alpha value is -2.24. The summed E-state index contributed by atoms with van der Waals surface area (Å²) in [5.41, 5.74) is 1.08. The van der Waals surface area contributed by atoms with E-state index in [-0.39, 0.29) is 0 Å². The van der Waals surface area contributed by atoms with E-state index >= 15 is 0 Å². The number of hydrogen-bond donors (Lipinski definition) is 1. The van der Waals surface area contributed by atoms with Crippen molar-refractivity contribution >= 4 is 5.97 Å². The second kappa shape index (κ2) is 5.27. The number of hydrogen-bond acceptors (Lipinski definition) is 5. The lowest BCUT2D eigenvalue weighted by molar-refractivity contribution is -0.148. The maximum Gasteiger partial charge on any atom is 0.310 e. The van der Waals surface area contributed by atoms with Gasteiger partial charge >= 0.3 is 5.97 Å². The molecule has 2 heterocycles. The van der Waals surface area contributed by atoms with Crippen molar-refractivity contribution in [2.24, 2.45) is 5.41 Å². The van der Waals surface area contributed by atoms with Crippen LogP contribution in [0.15, 0.2) is 23.0 Å². The van der Waals surface area contributed by atoms with E-state index in [4.69, 9.17) is 4.52 Å². The molecule has 0 bridgehead atoms. The molecule has 0 spiro atoms. The number of pyridine rings is 1. The number of rotatable bonds is 4. The van der Waals surface area contributed by atoms with Gasteiger partial charge in [0, 0.05) is 24.4 Å².